The fraction of sp³-hybridized carbons (Fsp3) is 0.886. The van der Waals surface area contributed by atoms with Crippen molar-refractivity contribution in [3.8, 4) is 0 Å². The molecule has 4 rings (SSSR count). The third-order valence-corrected chi connectivity index (χ3v) is 13.4. The average molecular weight is 734 g/mol. The van der Waals surface area contributed by atoms with Gasteiger partial charge in [-0.2, -0.15) is 0 Å². The van der Waals surface area contributed by atoms with Crippen molar-refractivity contribution in [1.29, 1.82) is 0 Å². The molecule has 0 bridgehead atoms. The quantitative estimate of drug-likeness (QED) is 0.0957. The van der Waals surface area contributed by atoms with Crippen molar-refractivity contribution in [3.05, 3.63) is 11.6 Å². The van der Waals surface area contributed by atoms with Crippen LogP contribution < -0.4 is 24.0 Å². The number of hydrogen-bond donors (Lipinski definition) is 0. The second-order valence-corrected chi connectivity index (χ2v) is 14.6. The van der Waals surface area contributed by atoms with Crippen LogP contribution in [0.25, 0.3) is 0 Å². The van der Waals surface area contributed by atoms with Gasteiger partial charge in [0, 0.05) is 11.8 Å². The summed E-state index contributed by atoms with van der Waals surface area (Å²) in [6, 6.07) is 0. The van der Waals surface area contributed by atoms with Crippen molar-refractivity contribution in [1.82, 2.24) is 0 Å². The third-order valence-electron chi connectivity index (χ3n) is 13.4. The molecule has 8 nitrogen and oxygen atoms in total. The van der Waals surface area contributed by atoms with E-state index in [-0.39, 0.29) is 47.0 Å². The lowest BCUT2D eigenvalue weighted by Gasteiger charge is -2.57. The molecular weight excluding hydrogens is 671 g/mol. The van der Waals surface area contributed by atoms with Crippen LogP contribution in [0.2, 0.25) is 0 Å². The summed E-state index contributed by atoms with van der Waals surface area (Å²) in [6.45, 7) is 24.1. The molecule has 0 aromatic carbocycles. The second-order valence-electron chi connectivity index (χ2n) is 14.6. The molecule has 254 valence electrons. The summed E-state index contributed by atoms with van der Waals surface area (Å²) in [5, 5.41) is 0. The molecule has 0 amide bonds. The van der Waals surface area contributed by atoms with Crippen LogP contribution in [0.4, 0.5) is 9.59 Å². The Morgan fingerprint density at radius 2 is 1.30 bits per heavy atom. The number of carbonyl (C=O) groups is 2. The predicted molar refractivity (Wildman–Crippen MR) is 168 cm³/mol. The molecule has 9 heteroatoms. The van der Waals surface area contributed by atoms with E-state index in [0.717, 1.165) is 99.6 Å². The maximum absolute atomic E-state index is 12.9. The zero-order valence-electron chi connectivity index (χ0n) is 29.0. The van der Waals surface area contributed by atoms with Crippen molar-refractivity contribution < 1.29 is 61.5 Å². The van der Waals surface area contributed by atoms with Crippen molar-refractivity contribution in [3.63, 3.8) is 0 Å². The summed E-state index contributed by atoms with van der Waals surface area (Å²) in [4.78, 5) is 25.5. The Hall–Kier alpha value is -1.07. The summed E-state index contributed by atoms with van der Waals surface area (Å²) in [7, 11) is 0. The number of nitrogens with zero attached hydrogens (tertiary/aromatic N) is 2. The maximum atomic E-state index is 12.9. The summed E-state index contributed by atoms with van der Waals surface area (Å²) < 4.78 is 24.8. The lowest BCUT2D eigenvalue weighted by molar-refractivity contribution is -0.939. The van der Waals surface area contributed by atoms with Gasteiger partial charge < -0.3 is 42.9 Å². The van der Waals surface area contributed by atoms with E-state index in [4.69, 9.17) is 18.9 Å². The minimum absolute atomic E-state index is 0. The standard InChI is InChI=1S/C35H62N2O6.HI/c1-9-36(10-2,11-3)24-40-32(38)42-27-19-21-34(7)26(23-27)15-16-28-29-17-18-31(35(29,8)22-20-30(28)34)43-33(39)41-25-37(12-4,13-5)14-6;/h15,27-31H,9-14,16-25H2,1-8H3;1H/q+2;/p-1/t27-,28+,29+,30+,31+,34+,35+;/m1./s1. The van der Waals surface area contributed by atoms with Crippen molar-refractivity contribution in [2.24, 2.45) is 28.6 Å². The Morgan fingerprint density at radius 3 is 1.84 bits per heavy atom. The molecule has 0 aromatic rings. The molecule has 3 fully saturated rings. The molecule has 44 heavy (non-hydrogen) atoms. The number of carbonyl (C=O) groups excluding carboxylic acids is 2. The van der Waals surface area contributed by atoms with E-state index in [1.165, 1.54) is 5.57 Å². The molecule has 4 aliphatic rings. The highest BCUT2D eigenvalue weighted by Crippen LogP contribution is 2.65. The molecule has 0 spiro atoms. The van der Waals surface area contributed by atoms with Crippen molar-refractivity contribution in [2.75, 3.05) is 52.7 Å². The monoisotopic (exact) mass is 733 g/mol. The number of quaternary nitrogens is 2. The van der Waals surface area contributed by atoms with Crippen LogP contribution in [0.15, 0.2) is 11.6 Å². The second kappa shape index (κ2) is 15.2. The number of rotatable bonds is 12. The van der Waals surface area contributed by atoms with Gasteiger partial charge >= 0.3 is 12.3 Å². The smallest absolute Gasteiger partial charge is 0.512 e. The van der Waals surface area contributed by atoms with Crippen molar-refractivity contribution in [2.45, 2.75) is 119 Å². The van der Waals surface area contributed by atoms with E-state index < -0.39 is 12.3 Å². The Bertz CT molecular complexity index is 997. The van der Waals surface area contributed by atoms with Crippen LogP contribution in [-0.2, 0) is 18.9 Å². The van der Waals surface area contributed by atoms with Gasteiger partial charge in [0.2, 0.25) is 13.5 Å². The summed E-state index contributed by atoms with van der Waals surface area (Å²) >= 11 is 0. The van der Waals surface area contributed by atoms with E-state index >= 15 is 0 Å². The Balaban J connectivity index is 0.00000529. The molecular formula is C35H62IN2O6+. The van der Waals surface area contributed by atoms with Gasteiger partial charge in [-0.3, -0.25) is 8.97 Å². The van der Waals surface area contributed by atoms with Gasteiger partial charge in [0.05, 0.1) is 39.3 Å². The number of fused-ring (bicyclic) bond motifs is 5. The predicted octanol–water partition coefficient (Wildman–Crippen LogP) is 4.66. The van der Waals surface area contributed by atoms with Crippen LogP contribution in [0.5, 0.6) is 0 Å². The number of halogens is 1. The van der Waals surface area contributed by atoms with E-state index in [0.29, 0.717) is 31.2 Å². The maximum Gasteiger partial charge on any atom is 0.512 e. The zero-order valence-corrected chi connectivity index (χ0v) is 31.2. The Morgan fingerprint density at radius 1 is 0.750 bits per heavy atom. The van der Waals surface area contributed by atoms with Crippen LogP contribution in [0.3, 0.4) is 0 Å². The zero-order chi connectivity index (χ0) is 31.5. The van der Waals surface area contributed by atoms with E-state index in [9.17, 15) is 9.59 Å². The van der Waals surface area contributed by atoms with Gasteiger partial charge in [-0.1, -0.05) is 25.5 Å². The molecule has 0 aliphatic heterocycles. The van der Waals surface area contributed by atoms with Crippen LogP contribution in [-0.4, -0.2) is 86.2 Å². The van der Waals surface area contributed by atoms with Crippen molar-refractivity contribution >= 4 is 12.3 Å². The minimum atomic E-state index is -0.520. The van der Waals surface area contributed by atoms with E-state index in [1.54, 1.807) is 0 Å². The molecule has 3 saturated carbocycles. The molecule has 0 aromatic heterocycles. The van der Waals surface area contributed by atoms with E-state index in [1.807, 2.05) is 0 Å². The first-order valence-corrected chi connectivity index (χ1v) is 17.5. The van der Waals surface area contributed by atoms with Gasteiger partial charge in [-0.25, -0.2) is 9.59 Å². The van der Waals surface area contributed by atoms with Crippen LogP contribution in [0, 0.1) is 28.6 Å². The van der Waals surface area contributed by atoms with Gasteiger partial charge in [0.15, 0.2) is 0 Å². The first-order valence-electron chi connectivity index (χ1n) is 17.5. The van der Waals surface area contributed by atoms with E-state index in [2.05, 4.69) is 61.5 Å². The van der Waals surface area contributed by atoms with Crippen LogP contribution in [0.1, 0.15) is 107 Å². The molecule has 0 saturated heterocycles. The SMILES string of the molecule is CC[N+](CC)(CC)COC(=O)O[C@@H]1CC[C@@]2(C)C(=CC[C@H]3[C@@H]4CC[C@H](OC(=O)OC[N+](CC)(CC)CC)[C@@]4(C)CC[C@@H]32)C1.[I-]. The normalized spacial score (nSPS) is 33.1. The molecule has 0 unspecified atom stereocenters. The lowest BCUT2D eigenvalue weighted by Crippen LogP contribution is -3.00. The molecule has 4 aliphatic carbocycles. The van der Waals surface area contributed by atoms with Gasteiger partial charge in [0.1, 0.15) is 12.2 Å². The highest BCUT2D eigenvalue weighted by atomic mass is 127. The van der Waals surface area contributed by atoms with Crippen LogP contribution >= 0.6 is 0 Å². The van der Waals surface area contributed by atoms with Gasteiger partial charge in [-0.15, -0.1) is 0 Å². The molecule has 0 radical (unpaired) electrons. The first kappa shape index (κ1) is 37.4. The minimum Gasteiger partial charge on any atom is -1.00 e. The molecule has 7 atom stereocenters. The highest BCUT2D eigenvalue weighted by Gasteiger charge is 2.60. The van der Waals surface area contributed by atoms with Gasteiger partial charge in [-0.05, 0) is 110 Å². The fourth-order valence-corrected chi connectivity index (χ4v) is 9.46. The third kappa shape index (κ3) is 7.24. The van der Waals surface area contributed by atoms with Gasteiger partial charge in [0.25, 0.3) is 0 Å². The largest absolute Gasteiger partial charge is 1.00 e. The Labute approximate surface area is 284 Å². The summed E-state index contributed by atoms with van der Waals surface area (Å²) in [5.41, 5.74) is 1.62. The fourth-order valence-electron chi connectivity index (χ4n) is 9.46. The first-order chi connectivity index (χ1) is 20.5. The topological polar surface area (TPSA) is 71.1 Å². The summed E-state index contributed by atoms with van der Waals surface area (Å²) in [5.74, 6) is 1.78. The number of allylic oxidation sites excluding steroid dienone is 1. The average Bonchev–Trinajstić information content (AvgIpc) is 3.35. The molecule has 0 N–H and O–H groups in total. The lowest BCUT2D eigenvalue weighted by atomic mass is 9.48. The Kier molecular flexibility index (Phi) is 12.9. The highest BCUT2D eigenvalue weighted by molar-refractivity contribution is 5.60. The number of ether oxygens (including phenoxy) is 4. The summed E-state index contributed by atoms with van der Waals surface area (Å²) in [6.07, 6.45) is 9.35. The molecule has 0 heterocycles. The number of hydrogen-bond acceptors (Lipinski definition) is 6.